The Morgan fingerprint density at radius 2 is 2.31 bits per heavy atom. The molecule has 0 spiro atoms. The first-order chi connectivity index (χ1) is 6.24. The van der Waals surface area contributed by atoms with E-state index in [2.05, 4.69) is 59.3 Å². The fourth-order valence-corrected chi connectivity index (χ4v) is 3.10. The fraction of sp³-hybridized carbons (Fsp3) is 0.600. The highest BCUT2D eigenvalue weighted by molar-refractivity contribution is 14.1. The number of hydrogen-bond donors (Lipinski definition) is 1. The van der Waals surface area contributed by atoms with Crippen LogP contribution in [0.25, 0.3) is 0 Å². The lowest BCUT2D eigenvalue weighted by atomic mass is 10.1. The molecule has 0 aromatic carbocycles. The second-order valence-corrected chi connectivity index (χ2v) is 5.38. The van der Waals surface area contributed by atoms with E-state index >= 15 is 0 Å². The predicted molar refractivity (Wildman–Crippen MR) is 68.7 cm³/mol. The summed E-state index contributed by atoms with van der Waals surface area (Å²) in [6.07, 6.45) is 0. The lowest BCUT2D eigenvalue weighted by molar-refractivity contribution is 0.438. The van der Waals surface area contributed by atoms with Crippen LogP contribution in [0.4, 0.5) is 0 Å². The largest absolute Gasteiger partial charge is 0.308 e. The SMILES string of the molecule is CC(C)C(CI)NCc1cccs1. The Hall–Kier alpha value is 0.390. The second kappa shape index (κ2) is 5.98. The number of hydrogen-bond acceptors (Lipinski definition) is 2. The standard InChI is InChI=1S/C10H16INS/c1-8(2)10(6-11)12-7-9-4-3-5-13-9/h3-5,8,10,12H,6-7H2,1-2H3. The quantitative estimate of drug-likeness (QED) is 0.650. The molecule has 1 nitrogen and oxygen atoms in total. The van der Waals surface area contributed by atoms with Crippen molar-refractivity contribution in [1.29, 1.82) is 0 Å². The third-order valence-electron chi connectivity index (χ3n) is 2.09. The minimum absolute atomic E-state index is 0.641. The molecule has 74 valence electrons. The summed E-state index contributed by atoms with van der Waals surface area (Å²) in [7, 11) is 0. The van der Waals surface area contributed by atoms with Gasteiger partial charge in [-0.25, -0.2) is 0 Å². The zero-order valence-corrected chi connectivity index (χ0v) is 11.1. The molecule has 1 N–H and O–H groups in total. The first-order valence-electron chi connectivity index (χ1n) is 4.55. The Morgan fingerprint density at radius 1 is 1.54 bits per heavy atom. The highest BCUT2D eigenvalue weighted by Gasteiger charge is 2.10. The van der Waals surface area contributed by atoms with Gasteiger partial charge in [-0.05, 0) is 17.4 Å². The van der Waals surface area contributed by atoms with E-state index in [1.54, 1.807) is 0 Å². The van der Waals surface area contributed by atoms with Crippen molar-refractivity contribution in [3.63, 3.8) is 0 Å². The fourth-order valence-electron chi connectivity index (χ4n) is 1.11. The molecule has 0 aliphatic rings. The van der Waals surface area contributed by atoms with Crippen molar-refractivity contribution in [2.24, 2.45) is 5.92 Å². The van der Waals surface area contributed by atoms with Crippen LogP contribution in [0.2, 0.25) is 0 Å². The Labute approximate surface area is 98.1 Å². The molecule has 0 amide bonds. The maximum atomic E-state index is 3.57. The maximum Gasteiger partial charge on any atom is 0.0302 e. The summed E-state index contributed by atoms with van der Waals surface area (Å²) in [5.41, 5.74) is 0. The molecule has 0 bridgehead atoms. The summed E-state index contributed by atoms with van der Waals surface area (Å²) in [4.78, 5) is 1.43. The van der Waals surface area contributed by atoms with Gasteiger partial charge in [0, 0.05) is 21.9 Å². The molecular formula is C10H16INS. The molecule has 1 atom stereocenters. The van der Waals surface area contributed by atoms with Gasteiger partial charge in [-0.1, -0.05) is 42.5 Å². The number of alkyl halides is 1. The molecule has 0 aliphatic heterocycles. The van der Waals surface area contributed by atoms with Gasteiger partial charge in [0.15, 0.2) is 0 Å². The van der Waals surface area contributed by atoms with Gasteiger partial charge in [0.25, 0.3) is 0 Å². The van der Waals surface area contributed by atoms with E-state index in [0.29, 0.717) is 6.04 Å². The highest BCUT2D eigenvalue weighted by Crippen LogP contribution is 2.10. The predicted octanol–water partition coefficient (Wildman–Crippen LogP) is 3.30. The van der Waals surface area contributed by atoms with Crippen LogP contribution >= 0.6 is 33.9 Å². The van der Waals surface area contributed by atoms with Crippen LogP contribution in [-0.4, -0.2) is 10.5 Å². The molecule has 0 fully saturated rings. The normalized spacial score (nSPS) is 13.5. The van der Waals surface area contributed by atoms with Crippen LogP contribution in [0, 0.1) is 5.92 Å². The van der Waals surface area contributed by atoms with Crippen molar-refractivity contribution in [2.75, 3.05) is 4.43 Å². The number of halogens is 1. The van der Waals surface area contributed by atoms with E-state index in [1.807, 2.05) is 11.3 Å². The Kier molecular flexibility index (Phi) is 5.28. The summed E-state index contributed by atoms with van der Waals surface area (Å²) in [5, 5.41) is 5.70. The van der Waals surface area contributed by atoms with Crippen molar-refractivity contribution in [1.82, 2.24) is 5.32 Å². The summed E-state index contributed by atoms with van der Waals surface area (Å²) in [5.74, 6) is 0.719. The summed E-state index contributed by atoms with van der Waals surface area (Å²) >= 11 is 4.27. The summed E-state index contributed by atoms with van der Waals surface area (Å²) < 4.78 is 1.18. The smallest absolute Gasteiger partial charge is 0.0302 e. The average Bonchev–Trinajstić information content (AvgIpc) is 2.57. The summed E-state index contributed by atoms with van der Waals surface area (Å²) in [6.45, 7) is 5.55. The number of thiophene rings is 1. The Bertz CT molecular complexity index is 221. The van der Waals surface area contributed by atoms with Crippen LogP contribution in [0.1, 0.15) is 18.7 Å². The third-order valence-corrected chi connectivity index (χ3v) is 3.91. The van der Waals surface area contributed by atoms with Gasteiger partial charge >= 0.3 is 0 Å². The van der Waals surface area contributed by atoms with Gasteiger partial charge in [0.1, 0.15) is 0 Å². The molecule has 1 unspecified atom stereocenters. The van der Waals surface area contributed by atoms with E-state index in [4.69, 9.17) is 0 Å². The maximum absolute atomic E-state index is 3.57. The van der Waals surface area contributed by atoms with E-state index in [0.717, 1.165) is 12.5 Å². The van der Waals surface area contributed by atoms with Crippen molar-refractivity contribution < 1.29 is 0 Å². The van der Waals surface area contributed by atoms with Gasteiger partial charge in [0.05, 0.1) is 0 Å². The Balaban J connectivity index is 2.32. The monoisotopic (exact) mass is 309 g/mol. The zero-order chi connectivity index (χ0) is 9.68. The van der Waals surface area contributed by atoms with E-state index in [-0.39, 0.29) is 0 Å². The molecule has 1 aromatic heterocycles. The average molecular weight is 309 g/mol. The van der Waals surface area contributed by atoms with Gasteiger partial charge in [-0.2, -0.15) is 0 Å². The van der Waals surface area contributed by atoms with Gasteiger partial charge in [-0.3, -0.25) is 0 Å². The minimum Gasteiger partial charge on any atom is -0.308 e. The highest BCUT2D eigenvalue weighted by atomic mass is 127. The van der Waals surface area contributed by atoms with Gasteiger partial charge in [-0.15, -0.1) is 11.3 Å². The van der Waals surface area contributed by atoms with Crippen molar-refractivity contribution in [3.05, 3.63) is 22.4 Å². The molecule has 1 heterocycles. The van der Waals surface area contributed by atoms with Crippen LogP contribution in [-0.2, 0) is 6.54 Å². The molecule has 13 heavy (non-hydrogen) atoms. The second-order valence-electron chi connectivity index (χ2n) is 3.47. The van der Waals surface area contributed by atoms with Crippen LogP contribution in [0.15, 0.2) is 17.5 Å². The number of nitrogens with one attached hydrogen (secondary N) is 1. The molecule has 0 radical (unpaired) electrons. The molecule has 3 heteroatoms. The van der Waals surface area contributed by atoms with Gasteiger partial charge in [0.2, 0.25) is 0 Å². The van der Waals surface area contributed by atoms with Crippen molar-refractivity contribution in [3.8, 4) is 0 Å². The first kappa shape index (κ1) is 11.5. The molecule has 1 rings (SSSR count). The van der Waals surface area contributed by atoms with Gasteiger partial charge < -0.3 is 5.32 Å². The lowest BCUT2D eigenvalue weighted by Gasteiger charge is -2.19. The minimum atomic E-state index is 0.641. The first-order valence-corrected chi connectivity index (χ1v) is 6.96. The van der Waals surface area contributed by atoms with Crippen LogP contribution < -0.4 is 5.32 Å². The lowest BCUT2D eigenvalue weighted by Crippen LogP contribution is -2.34. The molecule has 0 saturated carbocycles. The Morgan fingerprint density at radius 3 is 2.77 bits per heavy atom. The molecule has 0 saturated heterocycles. The van der Waals surface area contributed by atoms with Crippen molar-refractivity contribution >= 4 is 33.9 Å². The van der Waals surface area contributed by atoms with Crippen molar-refractivity contribution in [2.45, 2.75) is 26.4 Å². The molecule has 1 aromatic rings. The molecular weight excluding hydrogens is 293 g/mol. The van der Waals surface area contributed by atoms with E-state index < -0.39 is 0 Å². The van der Waals surface area contributed by atoms with E-state index in [9.17, 15) is 0 Å². The zero-order valence-electron chi connectivity index (χ0n) is 8.09. The van der Waals surface area contributed by atoms with Crippen LogP contribution in [0.5, 0.6) is 0 Å². The summed E-state index contributed by atoms with van der Waals surface area (Å²) in [6, 6.07) is 4.93. The third kappa shape index (κ3) is 3.95. The van der Waals surface area contributed by atoms with Crippen LogP contribution in [0.3, 0.4) is 0 Å². The molecule has 0 aliphatic carbocycles. The van der Waals surface area contributed by atoms with E-state index in [1.165, 1.54) is 9.30 Å². The topological polar surface area (TPSA) is 12.0 Å². The number of rotatable bonds is 5.